The molecule has 7 nitrogen and oxygen atoms in total. The second kappa shape index (κ2) is 13.9. The molecule has 49 heavy (non-hydrogen) atoms. The van der Waals surface area contributed by atoms with E-state index in [-0.39, 0.29) is 16.9 Å². The summed E-state index contributed by atoms with van der Waals surface area (Å²) in [7, 11) is 0. The van der Waals surface area contributed by atoms with Crippen LogP contribution in [0.15, 0.2) is 124 Å². The van der Waals surface area contributed by atoms with Gasteiger partial charge in [0.05, 0.1) is 17.1 Å². The fourth-order valence-electron chi connectivity index (χ4n) is 8.06. The molecule has 0 fully saturated rings. The van der Waals surface area contributed by atoms with Crippen LogP contribution < -0.4 is 21.2 Å². The number of hydrogen-bond acceptors (Lipinski definition) is 5. The summed E-state index contributed by atoms with van der Waals surface area (Å²) in [5.74, 6) is 6.91. The van der Waals surface area contributed by atoms with Crippen molar-refractivity contribution >= 4 is 28.5 Å². The first-order valence-electron chi connectivity index (χ1n) is 17.7. The summed E-state index contributed by atoms with van der Waals surface area (Å²) in [6.07, 6.45) is 15.2. The molecule has 3 aromatic carbocycles. The van der Waals surface area contributed by atoms with Crippen molar-refractivity contribution in [2.45, 2.75) is 84.1 Å². The summed E-state index contributed by atoms with van der Waals surface area (Å²) in [6.45, 7) is 15.7. The molecule has 1 unspecified atom stereocenters. The Labute approximate surface area is 292 Å². The van der Waals surface area contributed by atoms with E-state index < -0.39 is 0 Å². The van der Waals surface area contributed by atoms with E-state index in [0.29, 0.717) is 17.1 Å². The third-order valence-electron chi connectivity index (χ3n) is 10.6. The molecule has 6 rings (SSSR count). The van der Waals surface area contributed by atoms with Gasteiger partial charge in [0.2, 0.25) is 5.69 Å². The van der Waals surface area contributed by atoms with Crippen molar-refractivity contribution in [2.24, 2.45) is 16.2 Å². The topological polar surface area (TPSA) is 92.2 Å². The van der Waals surface area contributed by atoms with Gasteiger partial charge in [-0.2, -0.15) is 4.58 Å². The van der Waals surface area contributed by atoms with Crippen molar-refractivity contribution in [1.82, 2.24) is 0 Å². The number of nitrogens with two attached hydrogens (primary N) is 2. The number of rotatable bonds is 10. The van der Waals surface area contributed by atoms with E-state index in [2.05, 4.69) is 140 Å². The molecule has 254 valence electrons. The van der Waals surface area contributed by atoms with Gasteiger partial charge >= 0.3 is 0 Å². The first kappa shape index (κ1) is 34.0. The maximum atomic E-state index is 6.75. The molecule has 3 aromatic rings. The lowest BCUT2D eigenvalue weighted by atomic mass is 9.80. The normalized spacial score (nSPS) is 20.7. The van der Waals surface area contributed by atoms with E-state index in [4.69, 9.17) is 16.3 Å². The quantitative estimate of drug-likeness (QED) is 0.0748. The molecule has 0 bridgehead atoms. The lowest BCUT2D eigenvalue weighted by Gasteiger charge is -2.32. The maximum absolute atomic E-state index is 6.75. The number of ether oxygens (including phenoxy) is 1. The zero-order valence-corrected chi connectivity index (χ0v) is 29.9. The average Bonchev–Trinajstić information content (AvgIpc) is 3.46. The van der Waals surface area contributed by atoms with E-state index in [9.17, 15) is 0 Å². The molecule has 7 heteroatoms. The second-order valence-electron chi connectivity index (χ2n) is 14.2. The first-order valence-corrected chi connectivity index (χ1v) is 17.7. The highest BCUT2D eigenvalue weighted by molar-refractivity contribution is 5.96. The van der Waals surface area contributed by atoms with Gasteiger partial charge in [-0.3, -0.25) is 0 Å². The van der Waals surface area contributed by atoms with Crippen molar-refractivity contribution in [3.05, 3.63) is 125 Å². The minimum Gasteiger partial charge on any atom is -0.457 e. The highest BCUT2D eigenvalue weighted by Gasteiger charge is 2.44. The van der Waals surface area contributed by atoms with Gasteiger partial charge in [-0.1, -0.05) is 85.8 Å². The smallest absolute Gasteiger partial charge is 0.209 e. The van der Waals surface area contributed by atoms with Crippen molar-refractivity contribution in [3.8, 4) is 5.75 Å². The number of para-hydroxylation sites is 2. The van der Waals surface area contributed by atoms with E-state index in [0.717, 1.165) is 44.5 Å². The Morgan fingerprint density at radius 2 is 1.73 bits per heavy atom. The van der Waals surface area contributed by atoms with Crippen molar-refractivity contribution in [1.29, 1.82) is 0 Å². The molecular weight excluding hydrogens is 605 g/mol. The van der Waals surface area contributed by atoms with Crippen molar-refractivity contribution in [2.75, 3.05) is 23.7 Å². The van der Waals surface area contributed by atoms with Gasteiger partial charge in [0.1, 0.15) is 23.7 Å². The zero-order chi connectivity index (χ0) is 34.8. The Balaban J connectivity index is 1.35. The number of nitrogens with zero attached hydrogens (tertiary/aromatic N) is 4. The summed E-state index contributed by atoms with van der Waals surface area (Å²) in [6, 6.07) is 23.3. The summed E-state index contributed by atoms with van der Waals surface area (Å²) >= 11 is 0. The number of hydrogen-bond donors (Lipinski definition) is 2. The second-order valence-corrected chi connectivity index (χ2v) is 14.2. The molecule has 1 atom stereocenters. The summed E-state index contributed by atoms with van der Waals surface area (Å²) in [5, 5.41) is 7.47. The standard InChI is InChI=1S/C42H51N6O/c1-7-47-36-21-12-10-19-32(36)41(3,4)38(47)23-14-9-16-29-17-15-18-30(40(29)49-31-25-26-34(43)35(28-31)45-46-44)24-27-39-42(5,6)33-20-11-13-22-37(33)48(39)8-2/h9-14,16,19-22,24-28,39H,7-8,15,17-18,23,43H2,1-6H3,(H2,44,45)/q+1/b14-9+,27-24+,29-16+. The Bertz CT molecular complexity index is 1910. The SMILES string of the molecule is CCN1c2ccccc2C(C)(C)C1/C=C/C1=C(Oc2ccc(N)c(N=NN)c2)C(=C/C=C/CC2=[N+](CC)c3ccccc3C2(C)C)/CCC1. The number of benzene rings is 3. The molecule has 3 aliphatic rings. The van der Waals surface area contributed by atoms with Crippen LogP contribution in [-0.2, 0) is 10.8 Å². The van der Waals surface area contributed by atoms with E-state index in [1.807, 2.05) is 6.07 Å². The van der Waals surface area contributed by atoms with Crippen LogP contribution in [0, 0.1) is 0 Å². The van der Waals surface area contributed by atoms with Crippen LogP contribution in [0.2, 0.25) is 0 Å². The van der Waals surface area contributed by atoms with Crippen LogP contribution in [-0.4, -0.2) is 29.4 Å². The largest absolute Gasteiger partial charge is 0.457 e. The Morgan fingerprint density at radius 3 is 2.49 bits per heavy atom. The summed E-state index contributed by atoms with van der Waals surface area (Å²) < 4.78 is 9.22. The predicted octanol–water partition coefficient (Wildman–Crippen LogP) is 9.75. The molecule has 2 aliphatic heterocycles. The number of fused-ring (bicyclic) bond motifs is 2. The number of likely N-dealkylation sites (N-methyl/N-ethyl adjacent to an activating group) is 1. The third-order valence-corrected chi connectivity index (χ3v) is 10.6. The van der Waals surface area contributed by atoms with Gasteiger partial charge in [0.25, 0.3) is 0 Å². The predicted molar refractivity (Wildman–Crippen MR) is 203 cm³/mol. The molecule has 2 heterocycles. The minimum absolute atomic E-state index is 0.0190. The fraction of sp³-hybridized carbons (Fsp3) is 0.357. The molecular formula is C42H51N6O+. The Hall–Kier alpha value is -4.91. The minimum atomic E-state index is -0.0302. The third kappa shape index (κ3) is 6.34. The van der Waals surface area contributed by atoms with Gasteiger partial charge in [0.15, 0.2) is 5.71 Å². The number of nitrogen functional groups attached to an aromatic ring is 1. The van der Waals surface area contributed by atoms with Crippen LogP contribution in [0.4, 0.5) is 22.7 Å². The van der Waals surface area contributed by atoms with Crippen molar-refractivity contribution < 1.29 is 9.31 Å². The van der Waals surface area contributed by atoms with E-state index in [1.165, 1.54) is 39.4 Å². The van der Waals surface area contributed by atoms with E-state index >= 15 is 0 Å². The lowest BCUT2D eigenvalue weighted by molar-refractivity contribution is -0.435. The summed E-state index contributed by atoms with van der Waals surface area (Å²) in [4.78, 5) is 2.51. The highest BCUT2D eigenvalue weighted by atomic mass is 16.5. The molecule has 4 N–H and O–H groups in total. The highest BCUT2D eigenvalue weighted by Crippen LogP contribution is 2.46. The van der Waals surface area contributed by atoms with Crippen molar-refractivity contribution in [3.63, 3.8) is 0 Å². The van der Waals surface area contributed by atoms with Crippen LogP contribution in [0.5, 0.6) is 5.75 Å². The molecule has 0 amide bonds. The lowest BCUT2D eigenvalue weighted by Crippen LogP contribution is -2.39. The number of allylic oxidation sites excluding steroid dienone is 6. The zero-order valence-electron chi connectivity index (χ0n) is 29.9. The van der Waals surface area contributed by atoms with E-state index in [1.54, 1.807) is 12.1 Å². The first-order chi connectivity index (χ1) is 23.6. The molecule has 1 aliphatic carbocycles. The van der Waals surface area contributed by atoms with Gasteiger partial charge in [-0.15, -0.1) is 5.11 Å². The van der Waals surface area contributed by atoms with Crippen LogP contribution in [0.3, 0.4) is 0 Å². The maximum Gasteiger partial charge on any atom is 0.209 e. The Morgan fingerprint density at radius 1 is 0.980 bits per heavy atom. The van der Waals surface area contributed by atoms with Gasteiger partial charge in [-0.25, -0.2) is 0 Å². The molecule has 0 aromatic heterocycles. The molecule has 0 spiro atoms. The molecule has 0 saturated heterocycles. The monoisotopic (exact) mass is 655 g/mol. The number of anilines is 2. The fourth-order valence-corrected chi connectivity index (χ4v) is 8.06. The average molecular weight is 656 g/mol. The Kier molecular flexibility index (Phi) is 9.64. The molecule has 0 saturated carbocycles. The van der Waals surface area contributed by atoms with Crippen LogP contribution in [0.25, 0.3) is 0 Å². The van der Waals surface area contributed by atoms with Crippen LogP contribution in [0.1, 0.15) is 78.4 Å². The van der Waals surface area contributed by atoms with Gasteiger partial charge in [-0.05, 0) is 81.9 Å². The molecule has 0 radical (unpaired) electrons. The summed E-state index contributed by atoms with van der Waals surface area (Å²) in [5.41, 5.74) is 16.3. The van der Waals surface area contributed by atoms with Gasteiger partial charge < -0.3 is 21.2 Å². The van der Waals surface area contributed by atoms with Crippen LogP contribution >= 0.6 is 0 Å². The van der Waals surface area contributed by atoms with Gasteiger partial charge in [0, 0.05) is 41.8 Å².